The van der Waals surface area contributed by atoms with Crippen LogP contribution >= 0.6 is 0 Å². The number of imidazole rings is 1. The Kier molecular flexibility index (Phi) is 11.9. The number of amides is 3. The highest BCUT2D eigenvalue weighted by atomic mass is 16.5. The Morgan fingerprint density at radius 2 is 1.64 bits per heavy atom. The number of rotatable bonds is 16. The molecule has 1 aromatic heterocycles. The standard InChI is InChI=1S/C35H41N5O7/c1-3-22(2)32(30(41)18-31(42)43)40-34(45)29(17-26-19-36-21-37-26)38-33(44)28(39-35(46)47-20-23-10-5-4-6-11-23)16-25-14-9-13-24-12-7-8-15-27(24)25/h4-15,19,21-22,28-30,32,41H,3,16-18,20H2,1-2H3,(H,36,37)(H,38,44)(H,39,46)(H,40,45)(H,42,43)/t22?,28-,29-,30-,32-/m0/s1/i/hD. The Balaban J connectivity index is 1.62. The molecule has 4 rings (SSSR count). The van der Waals surface area contributed by atoms with Gasteiger partial charge in [-0.2, -0.15) is 0 Å². The van der Waals surface area contributed by atoms with Gasteiger partial charge in [0.05, 0.1) is 24.9 Å². The van der Waals surface area contributed by atoms with Crippen LogP contribution in [-0.2, 0) is 38.6 Å². The first-order chi connectivity index (χ1) is 23.1. The molecule has 12 heteroatoms. The summed E-state index contributed by atoms with van der Waals surface area (Å²) in [5.74, 6) is -2.99. The largest absolute Gasteiger partial charge is 0.481 e. The highest BCUT2D eigenvalue weighted by molar-refractivity contribution is 5.93. The van der Waals surface area contributed by atoms with Gasteiger partial charge in [0.15, 0.2) is 1.41 Å². The summed E-state index contributed by atoms with van der Waals surface area (Å²) in [6, 6.07) is 18.4. The van der Waals surface area contributed by atoms with Crippen LogP contribution in [0.3, 0.4) is 0 Å². The molecule has 0 aliphatic carbocycles. The van der Waals surface area contributed by atoms with Crippen LogP contribution in [0.5, 0.6) is 0 Å². The molecule has 5 atom stereocenters. The highest BCUT2D eigenvalue weighted by Gasteiger charge is 2.33. The molecule has 12 nitrogen and oxygen atoms in total. The number of aliphatic carboxylic acids is 1. The summed E-state index contributed by atoms with van der Waals surface area (Å²) in [6.45, 7) is 3.51. The lowest BCUT2D eigenvalue weighted by Crippen LogP contribution is -2.58. The third-order valence-corrected chi connectivity index (χ3v) is 8.04. The number of H-pyrrole nitrogens is 1. The molecule has 4 aromatic rings. The molecule has 0 radical (unpaired) electrons. The molecule has 0 fully saturated rings. The minimum atomic E-state index is -1.42. The summed E-state index contributed by atoms with van der Waals surface area (Å²) >= 11 is 0. The Hall–Kier alpha value is -5.23. The quantitative estimate of drug-likeness (QED) is 0.107. The van der Waals surface area contributed by atoms with Gasteiger partial charge in [-0.1, -0.05) is 93.1 Å². The molecule has 248 valence electrons. The number of carbonyl (C=O) groups is 4. The molecule has 3 amide bonds. The van der Waals surface area contributed by atoms with E-state index in [1.807, 2.05) is 49.4 Å². The SMILES string of the molecule is [2H]N(C(=O)OCc1ccccc1)[C@@H](Cc1cccc2ccccc12)C(=O)N[C@@H](Cc1cnc[nH]1)C(=O)N[C@@H](C(C)CC)[C@@H](O)CC(=O)O. The Bertz CT molecular complexity index is 1670. The second kappa shape index (κ2) is 16.9. The minimum Gasteiger partial charge on any atom is -0.481 e. The number of carboxylic acid groups (broad SMARTS) is 1. The summed E-state index contributed by atoms with van der Waals surface area (Å²) in [5, 5.41) is 27.6. The first-order valence-corrected chi connectivity index (χ1v) is 15.5. The molecule has 6 N–H and O–H groups in total. The van der Waals surface area contributed by atoms with Gasteiger partial charge in [-0.15, -0.1) is 0 Å². The van der Waals surface area contributed by atoms with Crippen LogP contribution in [-0.4, -0.2) is 68.3 Å². The Labute approximate surface area is 274 Å². The molecule has 3 aromatic carbocycles. The van der Waals surface area contributed by atoms with Gasteiger partial charge in [0.1, 0.15) is 18.7 Å². The molecule has 0 aliphatic rings. The van der Waals surface area contributed by atoms with Gasteiger partial charge in [-0.3, -0.25) is 14.4 Å². The number of nitrogens with zero attached hydrogens (tertiary/aromatic N) is 1. The van der Waals surface area contributed by atoms with Crippen molar-refractivity contribution < 1.29 is 35.5 Å². The van der Waals surface area contributed by atoms with Crippen LogP contribution in [0.15, 0.2) is 85.3 Å². The van der Waals surface area contributed by atoms with E-state index >= 15 is 0 Å². The second-order valence-corrected chi connectivity index (χ2v) is 11.5. The number of aliphatic hydroxyl groups is 1. The third kappa shape index (κ3) is 10.1. The summed E-state index contributed by atoms with van der Waals surface area (Å²) < 4.78 is 14.1. The number of benzene rings is 3. The normalized spacial score (nSPS) is 14.6. The smallest absolute Gasteiger partial charge is 0.408 e. The average molecular weight is 645 g/mol. The number of aromatic amines is 1. The fraction of sp³-hybridized carbons (Fsp3) is 0.343. The fourth-order valence-electron chi connectivity index (χ4n) is 5.30. The molecular weight excluding hydrogens is 602 g/mol. The fourth-order valence-corrected chi connectivity index (χ4v) is 5.30. The number of carbonyl (C=O) groups excluding carboxylic acids is 3. The molecule has 1 unspecified atom stereocenters. The van der Waals surface area contributed by atoms with Gasteiger partial charge < -0.3 is 35.9 Å². The lowest BCUT2D eigenvalue weighted by molar-refractivity contribution is -0.140. The van der Waals surface area contributed by atoms with E-state index in [2.05, 4.69) is 20.6 Å². The number of alkyl carbamates (subject to hydrolysis) is 1. The summed E-state index contributed by atoms with van der Waals surface area (Å²) in [5.41, 5.74) is 1.91. The van der Waals surface area contributed by atoms with E-state index in [0.29, 0.717) is 28.6 Å². The number of carboxylic acids is 1. The van der Waals surface area contributed by atoms with Crippen molar-refractivity contribution in [3.05, 3.63) is 102 Å². The Morgan fingerprint density at radius 3 is 2.34 bits per heavy atom. The van der Waals surface area contributed by atoms with Crippen LogP contribution in [0, 0.1) is 5.92 Å². The van der Waals surface area contributed by atoms with Crippen molar-refractivity contribution in [1.29, 1.82) is 0 Å². The van der Waals surface area contributed by atoms with Crippen molar-refractivity contribution in [2.75, 3.05) is 0 Å². The Morgan fingerprint density at radius 1 is 0.936 bits per heavy atom. The van der Waals surface area contributed by atoms with E-state index in [1.54, 1.807) is 37.3 Å². The molecule has 47 heavy (non-hydrogen) atoms. The first kappa shape index (κ1) is 33.1. The van der Waals surface area contributed by atoms with Gasteiger partial charge in [0.25, 0.3) is 0 Å². The zero-order valence-corrected chi connectivity index (χ0v) is 26.3. The van der Waals surface area contributed by atoms with Crippen LogP contribution in [0.1, 0.15) is 43.5 Å². The number of aliphatic hydroxyl groups excluding tert-OH is 1. The third-order valence-electron chi connectivity index (χ3n) is 8.04. The van der Waals surface area contributed by atoms with Gasteiger partial charge >= 0.3 is 12.1 Å². The van der Waals surface area contributed by atoms with E-state index in [1.165, 1.54) is 12.5 Å². The molecule has 0 saturated heterocycles. The zero-order valence-electron chi connectivity index (χ0n) is 27.3. The zero-order chi connectivity index (χ0) is 34.6. The number of hydrogen-bond acceptors (Lipinski definition) is 7. The van der Waals surface area contributed by atoms with E-state index in [4.69, 9.17) is 6.15 Å². The lowest BCUT2D eigenvalue weighted by atomic mass is 9.92. The predicted octanol–water partition coefficient (Wildman–Crippen LogP) is 3.49. The number of nitrogens with one attached hydrogen (secondary N) is 4. The molecule has 0 aliphatic heterocycles. The van der Waals surface area contributed by atoms with Crippen molar-refractivity contribution in [2.45, 2.75) is 70.4 Å². The number of hydrogen-bond donors (Lipinski definition) is 6. The van der Waals surface area contributed by atoms with E-state index in [-0.39, 0.29) is 25.4 Å². The topological polar surface area (TPSA) is 183 Å². The van der Waals surface area contributed by atoms with Crippen molar-refractivity contribution >= 4 is 34.6 Å². The maximum absolute atomic E-state index is 14.1. The average Bonchev–Trinajstić information content (AvgIpc) is 3.60. The van der Waals surface area contributed by atoms with Crippen molar-refractivity contribution in [3.8, 4) is 0 Å². The van der Waals surface area contributed by atoms with Crippen LogP contribution in [0.25, 0.3) is 10.8 Å². The first-order valence-electron chi connectivity index (χ1n) is 15.9. The molecule has 1 heterocycles. The number of aromatic nitrogens is 2. The molecule has 0 bridgehead atoms. The van der Waals surface area contributed by atoms with Gasteiger partial charge in [-0.25, -0.2) is 9.78 Å². The molecule has 0 saturated carbocycles. The maximum atomic E-state index is 14.1. The summed E-state index contributed by atoms with van der Waals surface area (Å²) in [6.07, 6.45) is 0.310. The van der Waals surface area contributed by atoms with Gasteiger partial charge in [0, 0.05) is 24.7 Å². The van der Waals surface area contributed by atoms with Crippen LogP contribution in [0.2, 0.25) is 1.41 Å². The van der Waals surface area contributed by atoms with Crippen molar-refractivity contribution in [3.63, 3.8) is 0 Å². The van der Waals surface area contributed by atoms with Crippen LogP contribution < -0.4 is 15.9 Å². The van der Waals surface area contributed by atoms with Crippen molar-refractivity contribution in [2.24, 2.45) is 5.92 Å². The lowest BCUT2D eigenvalue weighted by Gasteiger charge is -2.30. The van der Waals surface area contributed by atoms with E-state index in [0.717, 1.165) is 10.8 Å². The predicted molar refractivity (Wildman–Crippen MR) is 175 cm³/mol. The molecular formula is C35H41N5O7. The maximum Gasteiger partial charge on any atom is 0.408 e. The van der Waals surface area contributed by atoms with Gasteiger partial charge in [0.2, 0.25) is 11.8 Å². The molecule has 0 spiro atoms. The van der Waals surface area contributed by atoms with Crippen molar-refractivity contribution in [1.82, 2.24) is 25.9 Å². The summed E-state index contributed by atoms with van der Waals surface area (Å²) in [7, 11) is 0. The highest BCUT2D eigenvalue weighted by Crippen LogP contribution is 2.20. The minimum absolute atomic E-state index is 0.0444. The summed E-state index contributed by atoms with van der Waals surface area (Å²) in [4.78, 5) is 59.3. The van der Waals surface area contributed by atoms with E-state index in [9.17, 15) is 29.4 Å². The second-order valence-electron chi connectivity index (χ2n) is 11.5. The van der Waals surface area contributed by atoms with Gasteiger partial charge in [-0.05, 0) is 27.8 Å². The van der Waals surface area contributed by atoms with Crippen LogP contribution in [0.4, 0.5) is 4.79 Å². The number of fused-ring (bicyclic) bond motifs is 1. The van der Waals surface area contributed by atoms with E-state index < -0.39 is 54.5 Å². The monoisotopic (exact) mass is 644 g/mol. The number of ether oxygens (including phenoxy) is 1.